The van der Waals surface area contributed by atoms with E-state index < -0.39 is 9.05 Å². The fraction of sp³-hybridized carbons (Fsp3) is 0. The molecule has 0 saturated heterocycles. The van der Waals surface area contributed by atoms with E-state index in [1.54, 1.807) is 0 Å². The van der Waals surface area contributed by atoms with Crippen molar-refractivity contribution in [2.24, 2.45) is 0 Å². The first-order valence-corrected chi connectivity index (χ1v) is 2.68. The Labute approximate surface area is 60.8 Å². The molecule has 0 amide bonds. The SMILES string of the molecule is N.O[Si](O)(O)O.[Zr+4]. The fourth-order valence-electron chi connectivity index (χ4n) is 0. The summed E-state index contributed by atoms with van der Waals surface area (Å²) in [7, 11) is -4.61. The van der Waals surface area contributed by atoms with E-state index in [4.69, 9.17) is 19.2 Å². The zero-order valence-corrected chi connectivity index (χ0v) is 6.95. The van der Waals surface area contributed by atoms with Crippen molar-refractivity contribution in [1.29, 1.82) is 0 Å². The first-order valence-electron chi connectivity index (χ1n) is 0.894. The van der Waals surface area contributed by atoms with Gasteiger partial charge in [0.05, 0.1) is 0 Å². The minimum absolute atomic E-state index is 0. The molecule has 7 heteroatoms. The van der Waals surface area contributed by atoms with Crippen molar-refractivity contribution in [3.63, 3.8) is 0 Å². The monoisotopic (exact) mass is 203 g/mol. The Kier molecular flexibility index (Phi) is 11.3. The average molecular weight is 204 g/mol. The molecule has 0 heterocycles. The molecule has 0 bridgehead atoms. The second-order valence-electron chi connectivity index (χ2n) is 0.600. The zero-order chi connectivity index (χ0) is 4.50. The van der Waals surface area contributed by atoms with E-state index in [-0.39, 0.29) is 32.4 Å². The second-order valence-corrected chi connectivity index (χ2v) is 1.80. The molecular weight excluding hydrogens is 197 g/mol. The van der Waals surface area contributed by atoms with E-state index in [2.05, 4.69) is 0 Å². The number of rotatable bonds is 0. The molecule has 0 aromatic heterocycles. The third-order valence-electron chi connectivity index (χ3n) is 0. The molecule has 0 atom stereocenters. The quantitative estimate of drug-likeness (QED) is 0.281. The van der Waals surface area contributed by atoms with Crippen molar-refractivity contribution < 1.29 is 45.4 Å². The van der Waals surface area contributed by atoms with Crippen LogP contribution in [0.25, 0.3) is 0 Å². The van der Waals surface area contributed by atoms with Crippen LogP contribution in [0.15, 0.2) is 0 Å². The molecular formula is H7NO4SiZr+4. The largest absolute Gasteiger partial charge is 4.00 e. The van der Waals surface area contributed by atoms with Gasteiger partial charge < -0.3 is 25.3 Å². The first-order chi connectivity index (χ1) is 2.00. The molecule has 0 radical (unpaired) electrons. The topological polar surface area (TPSA) is 116 Å². The molecule has 0 fully saturated rings. The predicted molar refractivity (Wildman–Crippen MR) is 19.7 cm³/mol. The van der Waals surface area contributed by atoms with Gasteiger partial charge in [0.15, 0.2) is 0 Å². The summed E-state index contributed by atoms with van der Waals surface area (Å²) in [4.78, 5) is 29.3. The van der Waals surface area contributed by atoms with Crippen molar-refractivity contribution in [3.8, 4) is 0 Å². The van der Waals surface area contributed by atoms with Gasteiger partial charge in [0.25, 0.3) is 0 Å². The van der Waals surface area contributed by atoms with Crippen LogP contribution in [0.2, 0.25) is 0 Å². The van der Waals surface area contributed by atoms with Gasteiger partial charge in [0.2, 0.25) is 0 Å². The van der Waals surface area contributed by atoms with E-state index in [0.717, 1.165) is 0 Å². The molecule has 0 aliphatic heterocycles. The molecule has 7 N–H and O–H groups in total. The molecule has 0 spiro atoms. The molecule has 5 nitrogen and oxygen atoms in total. The van der Waals surface area contributed by atoms with Crippen molar-refractivity contribution >= 4 is 9.05 Å². The Hall–Kier alpha value is 0.900. The first kappa shape index (κ1) is 15.7. The van der Waals surface area contributed by atoms with Crippen LogP contribution in [-0.4, -0.2) is 28.2 Å². The Bertz CT molecular complexity index is 27.2. The minimum Gasteiger partial charge on any atom is -0.368 e. The van der Waals surface area contributed by atoms with Crippen molar-refractivity contribution in [2.45, 2.75) is 0 Å². The Morgan fingerprint density at radius 3 is 0.857 bits per heavy atom. The van der Waals surface area contributed by atoms with Gasteiger partial charge >= 0.3 is 35.3 Å². The normalized spacial score (nSPS) is 8.57. The maximum Gasteiger partial charge on any atom is 4.00 e. The van der Waals surface area contributed by atoms with Crippen LogP contribution in [0.1, 0.15) is 0 Å². The van der Waals surface area contributed by atoms with Crippen LogP contribution in [0.5, 0.6) is 0 Å². The predicted octanol–water partition coefficient (Wildman–Crippen LogP) is -2.45. The van der Waals surface area contributed by atoms with Crippen LogP contribution < -0.4 is 6.15 Å². The zero-order valence-electron chi connectivity index (χ0n) is 3.50. The van der Waals surface area contributed by atoms with Gasteiger partial charge in [0, 0.05) is 0 Å². The van der Waals surface area contributed by atoms with Crippen LogP contribution in [-0.2, 0) is 26.2 Å². The van der Waals surface area contributed by atoms with Crippen molar-refractivity contribution in [3.05, 3.63) is 0 Å². The molecule has 7 heavy (non-hydrogen) atoms. The third-order valence-corrected chi connectivity index (χ3v) is 0. The summed E-state index contributed by atoms with van der Waals surface area (Å²) in [5, 5.41) is 0. The molecule has 40 valence electrons. The van der Waals surface area contributed by atoms with Gasteiger partial charge in [0.1, 0.15) is 0 Å². The van der Waals surface area contributed by atoms with Crippen LogP contribution >= 0.6 is 0 Å². The van der Waals surface area contributed by atoms with Gasteiger partial charge in [-0.25, -0.2) is 0 Å². The van der Waals surface area contributed by atoms with E-state index in [1.165, 1.54) is 0 Å². The summed E-state index contributed by atoms with van der Waals surface area (Å²) >= 11 is 0. The molecule has 0 aromatic rings. The Morgan fingerprint density at radius 1 is 0.857 bits per heavy atom. The van der Waals surface area contributed by atoms with Crippen molar-refractivity contribution in [2.75, 3.05) is 0 Å². The van der Waals surface area contributed by atoms with E-state index in [9.17, 15) is 0 Å². The Morgan fingerprint density at radius 2 is 0.857 bits per heavy atom. The van der Waals surface area contributed by atoms with Gasteiger partial charge in [-0.3, -0.25) is 0 Å². The van der Waals surface area contributed by atoms with Gasteiger partial charge in [-0.15, -0.1) is 0 Å². The summed E-state index contributed by atoms with van der Waals surface area (Å²) in [6, 6.07) is 0. The summed E-state index contributed by atoms with van der Waals surface area (Å²) in [6.07, 6.45) is 0. The number of hydrogen-bond acceptors (Lipinski definition) is 5. The van der Waals surface area contributed by atoms with Crippen LogP contribution in [0.3, 0.4) is 0 Å². The van der Waals surface area contributed by atoms with E-state index in [1.807, 2.05) is 0 Å². The smallest absolute Gasteiger partial charge is 0.368 e. The van der Waals surface area contributed by atoms with Gasteiger partial charge in [-0.2, -0.15) is 0 Å². The summed E-state index contributed by atoms with van der Waals surface area (Å²) < 4.78 is 0. The molecule has 0 aliphatic carbocycles. The maximum absolute atomic E-state index is 7.33. The van der Waals surface area contributed by atoms with Crippen LogP contribution in [0.4, 0.5) is 0 Å². The molecule has 0 saturated carbocycles. The van der Waals surface area contributed by atoms with Gasteiger partial charge in [-0.1, -0.05) is 0 Å². The van der Waals surface area contributed by atoms with Crippen LogP contribution in [0, 0.1) is 0 Å². The van der Waals surface area contributed by atoms with E-state index >= 15 is 0 Å². The molecule has 0 aliphatic rings. The summed E-state index contributed by atoms with van der Waals surface area (Å²) in [6.45, 7) is 0. The number of hydrogen-bond donors (Lipinski definition) is 5. The average Bonchev–Trinajstić information content (AvgIpc) is 0.722. The maximum atomic E-state index is 7.33. The summed E-state index contributed by atoms with van der Waals surface area (Å²) in [5.41, 5.74) is 0. The standard InChI is InChI=1S/H3N.H4O4Si.Zr/c;1-5(2,3)4;/h1H3;1-4H;/q;;+4. The third kappa shape index (κ3) is 205. The van der Waals surface area contributed by atoms with Gasteiger partial charge in [-0.05, 0) is 0 Å². The molecule has 0 unspecified atom stereocenters. The minimum atomic E-state index is -4.61. The van der Waals surface area contributed by atoms with Crippen molar-refractivity contribution in [1.82, 2.24) is 6.15 Å². The fourth-order valence-corrected chi connectivity index (χ4v) is 0. The molecule has 0 rings (SSSR count). The molecule has 0 aromatic carbocycles. The summed E-state index contributed by atoms with van der Waals surface area (Å²) in [5.74, 6) is 0. The Balaban J connectivity index is -0.0000000800. The second kappa shape index (κ2) is 5.04. The van der Waals surface area contributed by atoms with E-state index in [0.29, 0.717) is 0 Å².